The van der Waals surface area contributed by atoms with Crippen LogP contribution in [0.4, 0.5) is 0 Å². The number of carbonyl (C=O) groups is 1. The third kappa shape index (κ3) is 3.91. The summed E-state index contributed by atoms with van der Waals surface area (Å²) in [4.78, 5) is 14.0. The number of benzene rings is 1. The minimum absolute atomic E-state index is 0.0000147. The van der Waals surface area contributed by atoms with E-state index >= 15 is 0 Å². The molecule has 2 rings (SSSR count). The van der Waals surface area contributed by atoms with Crippen molar-refractivity contribution in [3.63, 3.8) is 0 Å². The molecule has 1 aliphatic rings. The van der Waals surface area contributed by atoms with Gasteiger partial charge in [0, 0.05) is 12.0 Å². The van der Waals surface area contributed by atoms with Crippen molar-refractivity contribution in [2.24, 2.45) is 5.92 Å². The lowest BCUT2D eigenvalue weighted by atomic mass is 10.1. The Bertz CT molecular complexity index is 531. The minimum atomic E-state index is -0.00101. The van der Waals surface area contributed by atoms with Gasteiger partial charge in [0.25, 0.3) is 0 Å². The Hall–Kier alpha value is -1.75. The molecule has 0 radical (unpaired) electrons. The van der Waals surface area contributed by atoms with E-state index in [0.717, 1.165) is 17.9 Å². The molecule has 1 heterocycles. The first-order valence-corrected chi connectivity index (χ1v) is 7.79. The molecule has 2 unspecified atom stereocenters. The van der Waals surface area contributed by atoms with E-state index in [2.05, 4.69) is 23.2 Å². The Morgan fingerprint density at radius 1 is 1.23 bits per heavy atom. The topological polar surface area (TPSA) is 50.8 Å². The Morgan fingerprint density at radius 3 is 2.59 bits per heavy atom. The van der Waals surface area contributed by atoms with Crippen LogP contribution in [0.2, 0.25) is 0 Å². The predicted molar refractivity (Wildman–Crippen MR) is 85.9 cm³/mol. The smallest absolute Gasteiger partial charge is 0.231 e. The van der Waals surface area contributed by atoms with Gasteiger partial charge in [-0.25, -0.2) is 0 Å². The molecule has 1 amide bonds. The van der Waals surface area contributed by atoms with Gasteiger partial charge in [0.2, 0.25) is 12.7 Å². The molecule has 22 heavy (non-hydrogen) atoms. The number of nitrogens with one attached hydrogen (secondary N) is 1. The average Bonchev–Trinajstić information content (AvgIpc) is 2.93. The molecule has 0 saturated heterocycles. The van der Waals surface area contributed by atoms with Crippen LogP contribution in [-0.2, 0) is 11.2 Å². The van der Waals surface area contributed by atoms with Crippen molar-refractivity contribution < 1.29 is 14.3 Å². The van der Waals surface area contributed by atoms with E-state index in [0.29, 0.717) is 12.8 Å². The highest BCUT2D eigenvalue weighted by Gasteiger charge is 2.20. The molecule has 0 fully saturated rings. The summed E-state index contributed by atoms with van der Waals surface area (Å²) in [5.74, 6) is 1.70. The van der Waals surface area contributed by atoms with Gasteiger partial charge in [-0.2, -0.15) is 0 Å². The number of nitrogens with zero attached hydrogens (tertiary/aromatic N) is 1. The molecule has 0 aromatic heterocycles. The van der Waals surface area contributed by atoms with Crippen molar-refractivity contribution in [1.82, 2.24) is 10.2 Å². The van der Waals surface area contributed by atoms with E-state index in [1.807, 2.05) is 40.0 Å². The Morgan fingerprint density at radius 2 is 1.91 bits per heavy atom. The molecular weight excluding hydrogens is 280 g/mol. The van der Waals surface area contributed by atoms with Crippen LogP contribution in [0, 0.1) is 5.92 Å². The van der Waals surface area contributed by atoms with Gasteiger partial charge >= 0.3 is 0 Å². The van der Waals surface area contributed by atoms with E-state index in [9.17, 15) is 4.79 Å². The lowest BCUT2D eigenvalue weighted by Gasteiger charge is -2.32. The fraction of sp³-hybridized carbons (Fsp3) is 0.588. The highest BCUT2D eigenvalue weighted by atomic mass is 16.7. The van der Waals surface area contributed by atoms with E-state index in [1.54, 1.807) is 0 Å². The van der Waals surface area contributed by atoms with Crippen LogP contribution in [0.1, 0.15) is 33.3 Å². The van der Waals surface area contributed by atoms with Gasteiger partial charge in [0.1, 0.15) is 0 Å². The summed E-state index contributed by atoms with van der Waals surface area (Å²) >= 11 is 0. The normalized spacial score (nSPS) is 16.0. The molecule has 0 bridgehead atoms. The number of likely N-dealkylation sites (N-methyl/N-ethyl adjacent to an activating group) is 1. The third-order valence-electron chi connectivity index (χ3n) is 4.15. The largest absolute Gasteiger partial charge is 0.454 e. The molecule has 1 aromatic carbocycles. The Kier molecular flexibility index (Phi) is 5.29. The van der Waals surface area contributed by atoms with Crippen molar-refractivity contribution in [2.75, 3.05) is 13.8 Å². The Labute approximate surface area is 132 Å². The fourth-order valence-corrected chi connectivity index (χ4v) is 2.41. The molecule has 0 spiro atoms. The van der Waals surface area contributed by atoms with Gasteiger partial charge in [-0.1, -0.05) is 19.9 Å². The van der Waals surface area contributed by atoms with Crippen LogP contribution in [0.25, 0.3) is 0 Å². The molecule has 1 aliphatic heterocycles. The summed E-state index contributed by atoms with van der Waals surface area (Å²) < 4.78 is 10.7. The van der Waals surface area contributed by atoms with Gasteiger partial charge in [-0.15, -0.1) is 0 Å². The summed E-state index contributed by atoms with van der Waals surface area (Å²) in [5.41, 5.74) is 1.20. The zero-order chi connectivity index (χ0) is 16.3. The zero-order valence-electron chi connectivity index (χ0n) is 14.1. The van der Waals surface area contributed by atoms with E-state index in [1.165, 1.54) is 5.56 Å². The van der Waals surface area contributed by atoms with E-state index < -0.39 is 0 Å². The van der Waals surface area contributed by atoms with Crippen molar-refractivity contribution in [3.05, 3.63) is 23.8 Å². The second-order valence-electron chi connectivity index (χ2n) is 6.25. The van der Waals surface area contributed by atoms with E-state index in [-0.39, 0.29) is 18.0 Å². The van der Waals surface area contributed by atoms with Crippen LogP contribution in [-0.4, -0.2) is 36.9 Å². The first-order chi connectivity index (χ1) is 10.4. The van der Waals surface area contributed by atoms with Crippen molar-refractivity contribution in [3.8, 4) is 11.5 Å². The molecule has 5 heteroatoms. The highest BCUT2D eigenvalue weighted by Crippen LogP contribution is 2.32. The lowest BCUT2D eigenvalue weighted by molar-refractivity contribution is -0.125. The summed E-state index contributed by atoms with van der Waals surface area (Å²) in [7, 11) is 2.03. The van der Waals surface area contributed by atoms with Crippen molar-refractivity contribution >= 4 is 5.91 Å². The molecule has 2 atom stereocenters. The number of rotatable bonds is 6. The first kappa shape index (κ1) is 16.6. The standard InChI is InChI=1S/C17H26N2O3/c1-11(2)17(20)18-13(4)19(5)12(3)8-14-6-7-15-16(9-14)22-10-21-15/h6-7,9,11-13H,8,10H2,1-5H3,(H,18,20). The lowest BCUT2D eigenvalue weighted by Crippen LogP contribution is -2.49. The average molecular weight is 306 g/mol. The first-order valence-electron chi connectivity index (χ1n) is 7.79. The van der Waals surface area contributed by atoms with Gasteiger partial charge in [0.15, 0.2) is 11.5 Å². The summed E-state index contributed by atoms with van der Waals surface area (Å²) in [6.07, 6.45) is 0.883. The van der Waals surface area contributed by atoms with Gasteiger partial charge < -0.3 is 14.8 Å². The molecular formula is C17H26N2O3. The minimum Gasteiger partial charge on any atom is -0.454 e. The molecule has 1 aromatic rings. The quantitative estimate of drug-likeness (QED) is 0.820. The molecule has 0 saturated carbocycles. The number of fused-ring (bicyclic) bond motifs is 1. The predicted octanol–water partition coefficient (Wildman–Crippen LogP) is 2.40. The zero-order valence-corrected chi connectivity index (χ0v) is 14.1. The number of ether oxygens (including phenoxy) is 2. The third-order valence-corrected chi connectivity index (χ3v) is 4.15. The molecule has 0 aliphatic carbocycles. The number of hydrogen-bond acceptors (Lipinski definition) is 4. The maximum absolute atomic E-state index is 11.8. The number of hydrogen-bond donors (Lipinski definition) is 1. The Balaban J connectivity index is 1.93. The summed E-state index contributed by atoms with van der Waals surface area (Å²) in [6, 6.07) is 6.34. The second-order valence-corrected chi connectivity index (χ2v) is 6.25. The monoisotopic (exact) mass is 306 g/mol. The van der Waals surface area contributed by atoms with Crippen LogP contribution < -0.4 is 14.8 Å². The molecule has 1 N–H and O–H groups in total. The highest BCUT2D eigenvalue weighted by molar-refractivity contribution is 5.78. The molecule has 122 valence electrons. The van der Waals surface area contributed by atoms with Gasteiger partial charge in [0.05, 0.1) is 6.17 Å². The number of amides is 1. The second kappa shape index (κ2) is 7.01. The maximum Gasteiger partial charge on any atom is 0.231 e. The van der Waals surface area contributed by atoms with Gasteiger partial charge in [-0.05, 0) is 45.0 Å². The number of carbonyl (C=O) groups excluding carboxylic acids is 1. The van der Waals surface area contributed by atoms with Crippen LogP contribution in [0.5, 0.6) is 11.5 Å². The van der Waals surface area contributed by atoms with Crippen molar-refractivity contribution in [2.45, 2.75) is 46.3 Å². The van der Waals surface area contributed by atoms with Crippen LogP contribution in [0.15, 0.2) is 18.2 Å². The van der Waals surface area contributed by atoms with E-state index in [4.69, 9.17) is 9.47 Å². The fourth-order valence-electron chi connectivity index (χ4n) is 2.41. The summed E-state index contributed by atoms with van der Waals surface area (Å²) in [6.45, 7) is 8.27. The SMILES string of the molecule is CC(C)C(=O)NC(C)N(C)C(C)Cc1ccc2c(c1)OCO2. The van der Waals surface area contributed by atoms with Crippen molar-refractivity contribution in [1.29, 1.82) is 0 Å². The van der Waals surface area contributed by atoms with Crippen LogP contribution in [0.3, 0.4) is 0 Å². The maximum atomic E-state index is 11.8. The van der Waals surface area contributed by atoms with Gasteiger partial charge in [-0.3, -0.25) is 9.69 Å². The summed E-state index contributed by atoms with van der Waals surface area (Å²) in [5, 5.41) is 3.03. The van der Waals surface area contributed by atoms with Crippen LogP contribution >= 0.6 is 0 Å². The molecule has 5 nitrogen and oxygen atoms in total.